The van der Waals surface area contributed by atoms with E-state index in [1.54, 1.807) is 11.4 Å². The number of thiophene rings is 1. The molecule has 0 bridgehead atoms. The number of nitrogens with one attached hydrogen (secondary N) is 1. The summed E-state index contributed by atoms with van der Waals surface area (Å²) in [4.78, 5) is 40.4. The molecule has 0 aliphatic carbocycles. The maximum Gasteiger partial charge on any atom is 0.298 e. The number of carbonyl (C=O) groups excluding carboxylic acids is 1. The molecule has 53 heavy (non-hydrogen) atoms. The number of rotatable bonds is 9. The molecular weight excluding hydrogens is 705 g/mol. The summed E-state index contributed by atoms with van der Waals surface area (Å²) in [6.45, 7) is 2.01. The fourth-order valence-corrected chi connectivity index (χ4v) is 8.09. The number of para-hydroxylation sites is 1. The van der Waals surface area contributed by atoms with Crippen molar-refractivity contribution in [2.75, 3.05) is 43.4 Å². The molecule has 3 aromatic carbocycles. The average molecular weight is 740 g/mol. The van der Waals surface area contributed by atoms with Crippen LogP contribution in [0.15, 0.2) is 89.6 Å². The first kappa shape index (κ1) is 34.4. The Morgan fingerprint density at radius 2 is 1.85 bits per heavy atom. The molecule has 0 spiro atoms. The highest BCUT2D eigenvalue weighted by Gasteiger charge is 2.37. The molecule has 1 amide bonds. The minimum absolute atomic E-state index is 0.0398. The number of fused-ring (bicyclic) bond motifs is 2. The lowest BCUT2D eigenvalue weighted by Gasteiger charge is -2.38. The van der Waals surface area contributed by atoms with Gasteiger partial charge < -0.3 is 25.8 Å². The zero-order valence-electron chi connectivity index (χ0n) is 28.4. The number of hydrogen-bond donors (Lipinski definition) is 3. The molecule has 1 atom stereocenters. The number of β-amino-alcohol motifs (C(OH)–C–C–N with tert-alkyl or cyclic N) is 1. The van der Waals surface area contributed by atoms with Crippen LogP contribution in [0.3, 0.4) is 0 Å². The van der Waals surface area contributed by atoms with Crippen LogP contribution in [0.2, 0.25) is 0 Å². The van der Waals surface area contributed by atoms with E-state index in [1.807, 2.05) is 47.4 Å². The molecule has 16 heteroatoms. The van der Waals surface area contributed by atoms with Gasteiger partial charge in [-0.2, -0.15) is 5.10 Å². The molecule has 1 unspecified atom stereocenters. The largest absolute Gasteiger partial charge is 0.490 e. The van der Waals surface area contributed by atoms with E-state index in [9.17, 15) is 23.5 Å². The third kappa shape index (κ3) is 6.71. The fourth-order valence-electron chi connectivity index (χ4n) is 7.18. The summed E-state index contributed by atoms with van der Waals surface area (Å²) in [5, 5.41) is 20.7. The van der Waals surface area contributed by atoms with Gasteiger partial charge in [0.2, 0.25) is 0 Å². The quantitative estimate of drug-likeness (QED) is 0.196. The Hall–Kier alpha value is -5.71. The Morgan fingerprint density at radius 3 is 2.60 bits per heavy atom. The van der Waals surface area contributed by atoms with Crippen LogP contribution < -0.4 is 26.2 Å². The van der Waals surface area contributed by atoms with E-state index in [0.717, 1.165) is 23.5 Å². The molecule has 3 aromatic heterocycles. The van der Waals surface area contributed by atoms with Crippen LogP contribution in [0.5, 0.6) is 5.75 Å². The molecule has 272 valence electrons. The molecule has 1 saturated heterocycles. The smallest absolute Gasteiger partial charge is 0.298 e. The molecule has 0 radical (unpaired) electrons. The Bertz CT molecular complexity index is 2350. The van der Waals surface area contributed by atoms with Gasteiger partial charge in [0.05, 0.1) is 35.5 Å². The molecule has 8 rings (SSSR count). The molecule has 5 heterocycles. The number of ether oxygens (including phenoxy) is 1. The summed E-state index contributed by atoms with van der Waals surface area (Å²) in [6, 6.07) is 18.2. The van der Waals surface area contributed by atoms with Gasteiger partial charge in [0, 0.05) is 48.4 Å². The second-order valence-electron chi connectivity index (χ2n) is 13.2. The Kier molecular flexibility index (Phi) is 9.10. The highest BCUT2D eigenvalue weighted by molar-refractivity contribution is 7.17. The van der Waals surface area contributed by atoms with Gasteiger partial charge in [-0.15, -0.1) is 11.3 Å². The SMILES string of the molecule is Nc1nc2scc(C(=O)NC3CCN(CC(O)(Cn4cncn4)c4ccc(F)cc4F)CC3)c2n(-c2ccc3c(c2)N(c2ccccc2)CCO3)c1=O. The van der Waals surface area contributed by atoms with Crippen LogP contribution in [0, 0.1) is 11.6 Å². The predicted molar refractivity (Wildman–Crippen MR) is 196 cm³/mol. The maximum absolute atomic E-state index is 15.0. The highest BCUT2D eigenvalue weighted by Crippen LogP contribution is 2.39. The number of halogens is 2. The number of aliphatic hydroxyl groups is 1. The lowest BCUT2D eigenvalue weighted by atomic mass is 9.91. The van der Waals surface area contributed by atoms with Gasteiger partial charge in [-0.25, -0.2) is 23.4 Å². The summed E-state index contributed by atoms with van der Waals surface area (Å²) < 4.78 is 37.5. The van der Waals surface area contributed by atoms with Crippen LogP contribution in [-0.4, -0.2) is 79.1 Å². The minimum atomic E-state index is -1.74. The first-order valence-electron chi connectivity index (χ1n) is 17.1. The van der Waals surface area contributed by atoms with Gasteiger partial charge in [-0.3, -0.25) is 19.1 Å². The number of hydrogen-bond acceptors (Lipinski definition) is 11. The number of piperidine rings is 1. The number of nitrogen functional groups attached to an aromatic ring is 1. The number of nitrogens with two attached hydrogens (primary N) is 1. The van der Waals surface area contributed by atoms with E-state index in [4.69, 9.17) is 10.5 Å². The number of anilines is 3. The third-order valence-corrected chi connectivity index (χ3v) is 10.6. The summed E-state index contributed by atoms with van der Waals surface area (Å²) in [5.41, 5.74) is 6.70. The number of nitrogens with zero attached hydrogens (tertiary/aromatic N) is 7. The van der Waals surface area contributed by atoms with Gasteiger partial charge in [-0.05, 0) is 49.2 Å². The first-order chi connectivity index (χ1) is 25.7. The van der Waals surface area contributed by atoms with Crippen LogP contribution >= 0.6 is 11.3 Å². The minimum Gasteiger partial charge on any atom is -0.490 e. The van der Waals surface area contributed by atoms with Crippen LogP contribution in [0.25, 0.3) is 16.0 Å². The number of likely N-dealkylation sites (tertiary alicyclic amines) is 1. The number of aromatic nitrogens is 5. The van der Waals surface area contributed by atoms with Gasteiger partial charge >= 0.3 is 0 Å². The van der Waals surface area contributed by atoms with Crippen molar-refractivity contribution in [2.24, 2.45) is 0 Å². The van der Waals surface area contributed by atoms with Crippen molar-refractivity contribution in [1.29, 1.82) is 0 Å². The van der Waals surface area contributed by atoms with Crippen molar-refractivity contribution < 1.29 is 23.4 Å². The zero-order valence-corrected chi connectivity index (χ0v) is 29.2. The molecule has 0 saturated carbocycles. The number of benzene rings is 3. The standard InChI is InChI=1S/C37H35F2N9O4S/c38-23-6-8-28(29(39)16-23)37(51,20-46-22-41-21-42-46)19-45-12-10-24(11-13-45)43-34(49)27-18-53-35-32(27)48(36(50)33(40)44-35)26-7-9-31-30(17-26)47(14-15-52-31)25-4-2-1-3-5-25/h1-9,16-18,21-22,24,51H,10-15,19-20H2,(H2,40,44)(H,43,49). The lowest BCUT2D eigenvalue weighted by molar-refractivity contribution is -0.0271. The Morgan fingerprint density at radius 1 is 1.04 bits per heavy atom. The molecule has 13 nitrogen and oxygen atoms in total. The van der Waals surface area contributed by atoms with Crippen molar-refractivity contribution in [3.8, 4) is 11.4 Å². The second-order valence-corrected chi connectivity index (χ2v) is 14.1. The molecule has 4 N–H and O–H groups in total. The average Bonchev–Trinajstić information content (AvgIpc) is 3.82. The van der Waals surface area contributed by atoms with Crippen molar-refractivity contribution in [3.63, 3.8) is 0 Å². The van der Waals surface area contributed by atoms with E-state index >= 15 is 0 Å². The third-order valence-electron chi connectivity index (χ3n) is 9.72. The normalized spacial score (nSPS) is 16.2. The summed E-state index contributed by atoms with van der Waals surface area (Å²) in [7, 11) is 0. The predicted octanol–water partition coefficient (Wildman–Crippen LogP) is 4.21. The monoisotopic (exact) mass is 739 g/mol. The van der Waals surface area contributed by atoms with E-state index in [-0.39, 0.29) is 36.4 Å². The molecule has 6 aromatic rings. The van der Waals surface area contributed by atoms with Gasteiger partial charge in [0.25, 0.3) is 11.5 Å². The van der Waals surface area contributed by atoms with Crippen molar-refractivity contribution >= 4 is 44.8 Å². The van der Waals surface area contributed by atoms with Gasteiger partial charge in [0.1, 0.15) is 47.1 Å². The van der Waals surface area contributed by atoms with Crippen molar-refractivity contribution in [1.82, 2.24) is 34.5 Å². The van der Waals surface area contributed by atoms with E-state index < -0.39 is 22.8 Å². The number of carbonyl (C=O) groups is 1. The van der Waals surface area contributed by atoms with Crippen LogP contribution in [0.1, 0.15) is 28.8 Å². The maximum atomic E-state index is 15.0. The highest BCUT2D eigenvalue weighted by atomic mass is 32.1. The zero-order chi connectivity index (χ0) is 36.7. The Labute approximate surface area is 305 Å². The van der Waals surface area contributed by atoms with Crippen LogP contribution in [-0.2, 0) is 12.1 Å². The summed E-state index contributed by atoms with van der Waals surface area (Å²) >= 11 is 1.22. The summed E-state index contributed by atoms with van der Waals surface area (Å²) in [6.07, 6.45) is 3.82. The topological polar surface area (TPSA) is 157 Å². The van der Waals surface area contributed by atoms with Crippen LogP contribution in [0.4, 0.5) is 26.0 Å². The van der Waals surface area contributed by atoms with Gasteiger partial charge in [-0.1, -0.05) is 24.3 Å². The van der Waals surface area contributed by atoms with E-state index in [2.05, 4.69) is 25.3 Å². The lowest BCUT2D eigenvalue weighted by Crippen LogP contribution is -2.50. The summed E-state index contributed by atoms with van der Waals surface area (Å²) in [5.74, 6) is -1.48. The van der Waals surface area contributed by atoms with Crippen molar-refractivity contribution in [3.05, 3.63) is 118 Å². The first-order valence-corrected chi connectivity index (χ1v) is 18.0. The Balaban J connectivity index is 1.02. The molecule has 2 aliphatic heterocycles. The van der Waals surface area contributed by atoms with E-state index in [1.165, 1.54) is 39.3 Å². The molecular formula is C37H35F2N9O4S. The van der Waals surface area contributed by atoms with E-state index in [0.29, 0.717) is 66.4 Å². The fraction of sp³-hybridized carbons (Fsp3) is 0.270. The molecule has 2 aliphatic rings. The second kappa shape index (κ2) is 14.0. The van der Waals surface area contributed by atoms with Gasteiger partial charge in [0.15, 0.2) is 5.82 Å². The number of amides is 1. The van der Waals surface area contributed by atoms with Crippen molar-refractivity contribution in [2.45, 2.75) is 31.0 Å². The molecule has 1 fully saturated rings.